The molecule has 1 heterocycles. The van der Waals surface area contributed by atoms with Crippen LogP contribution in [0.25, 0.3) is 0 Å². The number of carbonyl (C=O) groups is 1. The molecule has 1 aliphatic rings. The molecule has 0 aromatic rings. The van der Waals surface area contributed by atoms with E-state index in [1.165, 1.54) is 0 Å². The van der Waals surface area contributed by atoms with Gasteiger partial charge in [0.05, 0.1) is 12.6 Å². The van der Waals surface area contributed by atoms with Gasteiger partial charge in [-0.15, -0.1) is 0 Å². The summed E-state index contributed by atoms with van der Waals surface area (Å²) in [5.41, 5.74) is 5.47. The predicted octanol–water partition coefficient (Wildman–Crippen LogP) is -3.18. The molecular weight excluding hydrogens is 285 g/mol. The van der Waals surface area contributed by atoms with Crippen LogP contribution in [0, 0.1) is 0 Å². The van der Waals surface area contributed by atoms with Crippen LogP contribution in [0.5, 0.6) is 0 Å². The van der Waals surface area contributed by atoms with Crippen molar-refractivity contribution in [3.8, 4) is 0 Å². The molecule has 1 saturated heterocycles. The molecule has 0 bridgehead atoms. The van der Waals surface area contributed by atoms with Gasteiger partial charge in [0.2, 0.25) is 0 Å². The van der Waals surface area contributed by atoms with Gasteiger partial charge in [0.1, 0.15) is 18.3 Å². The number of nitrogens with two attached hydrogens (primary N) is 1. The number of hydrogen-bond acceptors (Lipinski definition) is 8. The van der Waals surface area contributed by atoms with Gasteiger partial charge >= 0.3 is 7.82 Å². The summed E-state index contributed by atoms with van der Waals surface area (Å²) in [5.74, 6) is -3.67. The van der Waals surface area contributed by atoms with Gasteiger partial charge in [-0.05, 0) is 0 Å². The first-order valence-corrected chi connectivity index (χ1v) is 6.76. The van der Waals surface area contributed by atoms with Gasteiger partial charge < -0.3 is 35.6 Å². The Bertz CT molecular complexity index is 396. The van der Waals surface area contributed by atoms with Crippen molar-refractivity contribution in [3.63, 3.8) is 0 Å². The van der Waals surface area contributed by atoms with Gasteiger partial charge in [0.25, 0.3) is 5.79 Å². The van der Waals surface area contributed by atoms with Crippen molar-refractivity contribution in [2.75, 3.05) is 6.61 Å². The van der Waals surface area contributed by atoms with Gasteiger partial charge in [-0.1, -0.05) is 0 Å². The van der Waals surface area contributed by atoms with E-state index in [1.807, 2.05) is 0 Å². The molecule has 0 aliphatic carbocycles. The van der Waals surface area contributed by atoms with Crippen LogP contribution < -0.4 is 5.73 Å². The molecule has 1 fully saturated rings. The van der Waals surface area contributed by atoms with E-state index in [2.05, 4.69) is 4.52 Å². The summed E-state index contributed by atoms with van der Waals surface area (Å²) < 4.78 is 20.1. The number of hydrogen-bond donors (Lipinski definition) is 6. The molecule has 0 aromatic heterocycles. The van der Waals surface area contributed by atoms with Crippen LogP contribution in [0.1, 0.15) is 6.92 Å². The van der Waals surface area contributed by atoms with E-state index in [-0.39, 0.29) is 0 Å². The topological polar surface area (TPSA) is 180 Å². The zero-order chi connectivity index (χ0) is 15.0. The zero-order valence-electron chi connectivity index (χ0n) is 9.91. The number of rotatable bonds is 4. The van der Waals surface area contributed by atoms with Gasteiger partial charge in [-0.25, -0.2) is 9.09 Å². The highest BCUT2D eigenvalue weighted by atomic mass is 31.2. The standard InChI is InChI=1S/C8H16NO9P/c1-3(11)8(18-19(14,15)16)7(9)6(13)5(12)4(2-10)17-8/h4-7,10,12-13H,2,9H2,1H3,(H2,14,15,16)/t4-,5+,6+,7-,8?/m1/s1. The average molecular weight is 301 g/mol. The highest BCUT2D eigenvalue weighted by molar-refractivity contribution is 7.46. The zero-order valence-corrected chi connectivity index (χ0v) is 10.8. The number of ketones is 1. The Morgan fingerprint density at radius 1 is 1.42 bits per heavy atom. The summed E-state index contributed by atoms with van der Waals surface area (Å²) in [7, 11) is -5.17. The largest absolute Gasteiger partial charge is 0.472 e. The number of Topliss-reactive ketones (excluding diaryl/α,β-unsaturated/α-hetero) is 1. The van der Waals surface area contributed by atoms with Crippen molar-refractivity contribution in [3.05, 3.63) is 0 Å². The van der Waals surface area contributed by atoms with Crippen LogP contribution in [-0.4, -0.2) is 67.6 Å². The van der Waals surface area contributed by atoms with Crippen LogP contribution in [0.4, 0.5) is 0 Å². The smallest absolute Gasteiger partial charge is 0.394 e. The Balaban J connectivity index is 3.21. The maximum Gasteiger partial charge on any atom is 0.472 e. The van der Waals surface area contributed by atoms with Crippen LogP contribution >= 0.6 is 7.82 Å². The van der Waals surface area contributed by atoms with E-state index >= 15 is 0 Å². The monoisotopic (exact) mass is 301 g/mol. The highest BCUT2D eigenvalue weighted by Gasteiger charge is 2.59. The van der Waals surface area contributed by atoms with Crippen molar-refractivity contribution >= 4 is 13.6 Å². The molecule has 1 aliphatic heterocycles. The van der Waals surface area contributed by atoms with E-state index in [9.17, 15) is 19.6 Å². The third-order valence-electron chi connectivity index (χ3n) is 2.79. The molecule has 1 rings (SSSR count). The van der Waals surface area contributed by atoms with Gasteiger partial charge in [0.15, 0.2) is 5.78 Å². The fourth-order valence-corrected chi connectivity index (χ4v) is 2.46. The third-order valence-corrected chi connectivity index (χ3v) is 3.30. The van der Waals surface area contributed by atoms with Crippen molar-refractivity contribution < 1.29 is 43.7 Å². The first kappa shape index (κ1) is 16.6. The summed E-state index contributed by atoms with van der Waals surface area (Å²) in [6.45, 7) is 0.0683. The molecule has 0 spiro atoms. The minimum Gasteiger partial charge on any atom is -0.394 e. The highest BCUT2D eigenvalue weighted by Crippen LogP contribution is 2.45. The minimum absolute atomic E-state index is 0.815. The quantitative estimate of drug-likeness (QED) is 0.290. The maximum absolute atomic E-state index is 11.6. The lowest BCUT2D eigenvalue weighted by atomic mass is 9.89. The molecule has 5 atom stereocenters. The van der Waals surface area contributed by atoms with Gasteiger partial charge in [0, 0.05) is 6.92 Å². The van der Waals surface area contributed by atoms with Crippen LogP contribution in [0.15, 0.2) is 0 Å². The van der Waals surface area contributed by atoms with E-state index in [1.54, 1.807) is 0 Å². The van der Waals surface area contributed by atoms with Gasteiger partial charge in [-0.3, -0.25) is 4.79 Å². The lowest BCUT2D eigenvalue weighted by Gasteiger charge is -2.46. The molecular formula is C8H16NO9P. The molecule has 7 N–H and O–H groups in total. The molecule has 19 heavy (non-hydrogen) atoms. The number of aliphatic hydroxyl groups is 3. The first-order chi connectivity index (χ1) is 8.55. The van der Waals surface area contributed by atoms with Crippen LogP contribution in [0.2, 0.25) is 0 Å². The third kappa shape index (κ3) is 3.19. The lowest BCUT2D eigenvalue weighted by Crippen LogP contribution is -2.71. The SMILES string of the molecule is CC(=O)C1(OP(=O)(O)O)O[C@H](CO)[C@H](O)[C@H](O)[C@H]1N. The summed E-state index contributed by atoms with van der Waals surface area (Å²) in [5, 5.41) is 28.2. The number of ether oxygens (including phenoxy) is 1. The summed E-state index contributed by atoms with van der Waals surface area (Å²) in [6.07, 6.45) is -4.89. The van der Waals surface area contributed by atoms with Crippen LogP contribution in [-0.2, 0) is 18.6 Å². The second kappa shape index (κ2) is 5.52. The number of carbonyl (C=O) groups excluding carboxylic acids is 1. The maximum atomic E-state index is 11.6. The predicted molar refractivity (Wildman–Crippen MR) is 58.5 cm³/mol. The van der Waals surface area contributed by atoms with E-state index < -0.39 is 50.4 Å². The Kier molecular flexibility index (Phi) is 4.84. The molecule has 10 nitrogen and oxygen atoms in total. The molecule has 112 valence electrons. The fourth-order valence-electron chi connectivity index (χ4n) is 1.82. The Hall–Kier alpha value is -0.420. The van der Waals surface area contributed by atoms with Crippen molar-refractivity contribution in [1.29, 1.82) is 0 Å². The second-order valence-electron chi connectivity index (χ2n) is 4.15. The van der Waals surface area contributed by atoms with Crippen molar-refractivity contribution in [2.24, 2.45) is 5.73 Å². The fraction of sp³-hybridized carbons (Fsp3) is 0.875. The normalized spacial score (nSPS) is 40.2. The molecule has 0 aromatic carbocycles. The Morgan fingerprint density at radius 2 is 1.95 bits per heavy atom. The molecule has 0 radical (unpaired) electrons. The molecule has 11 heteroatoms. The summed E-state index contributed by atoms with van der Waals surface area (Å²) in [4.78, 5) is 29.2. The Labute approximate surface area is 108 Å². The molecule has 0 amide bonds. The lowest BCUT2D eigenvalue weighted by molar-refractivity contribution is -0.289. The second-order valence-corrected chi connectivity index (χ2v) is 5.32. The molecule has 0 saturated carbocycles. The number of phosphoric acid groups is 1. The van der Waals surface area contributed by atoms with E-state index in [0.29, 0.717) is 0 Å². The van der Waals surface area contributed by atoms with E-state index in [0.717, 1.165) is 6.92 Å². The van der Waals surface area contributed by atoms with Gasteiger partial charge in [-0.2, -0.15) is 0 Å². The number of phosphoric ester groups is 1. The van der Waals surface area contributed by atoms with Crippen LogP contribution in [0.3, 0.4) is 0 Å². The number of aliphatic hydroxyl groups excluding tert-OH is 3. The Morgan fingerprint density at radius 3 is 2.32 bits per heavy atom. The van der Waals surface area contributed by atoms with Crippen molar-refractivity contribution in [1.82, 2.24) is 0 Å². The molecule has 1 unspecified atom stereocenters. The average Bonchev–Trinajstić information content (AvgIpc) is 2.28. The van der Waals surface area contributed by atoms with Crippen molar-refractivity contribution in [2.45, 2.75) is 37.1 Å². The summed E-state index contributed by atoms with van der Waals surface area (Å²) >= 11 is 0. The first-order valence-electron chi connectivity index (χ1n) is 5.23. The van der Waals surface area contributed by atoms with E-state index in [4.69, 9.17) is 25.4 Å². The minimum atomic E-state index is -5.17. The summed E-state index contributed by atoms with van der Waals surface area (Å²) in [6, 6.07) is -1.74.